The van der Waals surface area contributed by atoms with Crippen molar-refractivity contribution in [2.45, 2.75) is 62.9 Å². The van der Waals surface area contributed by atoms with Gasteiger partial charge in [-0.3, -0.25) is 34.1 Å². The van der Waals surface area contributed by atoms with Crippen LogP contribution in [0.5, 0.6) is 0 Å². The van der Waals surface area contributed by atoms with E-state index in [1.165, 1.54) is 23.1 Å². The Morgan fingerprint density at radius 1 is 0.741 bits per heavy atom. The minimum absolute atomic E-state index is 0.0557. The molecule has 3 aromatic heterocycles. The normalized spacial score (nSPS) is 20.3. The number of pyridine rings is 2. The Hall–Kier alpha value is -5.99. The van der Waals surface area contributed by atoms with Gasteiger partial charge in [0.25, 0.3) is 5.91 Å². The van der Waals surface area contributed by atoms with Crippen LogP contribution in [0.2, 0.25) is 0 Å². The number of nitrogens with zero attached hydrogens (tertiary/aromatic N) is 6. The van der Waals surface area contributed by atoms with E-state index in [9.17, 15) is 19.2 Å². The van der Waals surface area contributed by atoms with Crippen LogP contribution in [-0.4, -0.2) is 89.9 Å². The molecule has 6 heterocycles. The van der Waals surface area contributed by atoms with Gasteiger partial charge in [0.1, 0.15) is 32.3 Å². The number of thiazole rings is 1. The number of thioether (sulfide) groups is 1. The topological polar surface area (TPSA) is 150 Å². The number of carbonyl (C=O) groups is 4. The number of aromatic nitrogens is 3. The number of nitrogens with one attached hydrogen (secondary N) is 2. The Kier molecular flexibility index (Phi) is 11.6. The number of benzene rings is 2. The minimum Gasteiger partial charge on any atom is -0.330 e. The summed E-state index contributed by atoms with van der Waals surface area (Å²) in [6, 6.07) is 21.3. The van der Waals surface area contributed by atoms with Gasteiger partial charge in [-0.2, -0.15) is 0 Å². The van der Waals surface area contributed by atoms with Crippen molar-refractivity contribution >= 4 is 75.3 Å². The third-order valence-electron chi connectivity index (χ3n) is 10.5. The molecular formula is C44H42N8O4S2. The van der Waals surface area contributed by atoms with Crippen molar-refractivity contribution in [2.24, 2.45) is 4.99 Å². The van der Waals surface area contributed by atoms with Crippen molar-refractivity contribution in [1.82, 2.24) is 24.8 Å². The van der Waals surface area contributed by atoms with E-state index in [1.807, 2.05) is 98.8 Å². The van der Waals surface area contributed by atoms with Gasteiger partial charge < -0.3 is 20.4 Å². The van der Waals surface area contributed by atoms with Crippen LogP contribution in [0.1, 0.15) is 64.7 Å². The molecule has 0 spiro atoms. The number of aryl methyl sites for hydroxylation is 1. The molecule has 0 radical (unpaired) electrons. The zero-order valence-corrected chi connectivity index (χ0v) is 33.7. The van der Waals surface area contributed by atoms with Gasteiger partial charge in [0.05, 0.1) is 11.7 Å². The Balaban J connectivity index is 0.828. The van der Waals surface area contributed by atoms with Crippen molar-refractivity contribution in [3.8, 4) is 10.6 Å². The molecule has 58 heavy (non-hydrogen) atoms. The molecule has 0 aliphatic carbocycles. The average Bonchev–Trinajstić information content (AvgIpc) is 4.08. The first kappa shape index (κ1) is 38.9. The fraction of sp³-hybridized carbons (Fsp3) is 0.273. The maximum Gasteiger partial charge on any atom is 0.266 e. The fourth-order valence-electron chi connectivity index (χ4n) is 7.48. The van der Waals surface area contributed by atoms with Crippen molar-refractivity contribution in [2.75, 3.05) is 23.7 Å². The highest BCUT2D eigenvalue weighted by atomic mass is 32.2. The lowest BCUT2D eigenvalue weighted by Crippen LogP contribution is -2.48. The number of hydrogen-bond donors (Lipinski definition) is 2. The van der Waals surface area contributed by atoms with Crippen molar-refractivity contribution in [1.29, 1.82) is 0 Å². The molecule has 2 unspecified atom stereocenters. The van der Waals surface area contributed by atoms with Gasteiger partial charge in [-0.1, -0.05) is 48.2 Å². The zero-order valence-electron chi connectivity index (χ0n) is 32.1. The first-order valence-corrected chi connectivity index (χ1v) is 21.1. The third-order valence-corrected chi connectivity index (χ3v) is 13.1. The van der Waals surface area contributed by atoms with Crippen LogP contribution in [0.25, 0.3) is 22.7 Å². The standard InChI is InChI=1S/C44H42N8O4S2/c1-27-37(57-41(47-27)31-7-3-21-45-25-31)43(55)51-23-5-9-35(51)39(53)49-33-17-13-29(14-18-33)11-12-30-15-19-34(20-16-30)50-40(54)36-10-6-24-52(36)44(56)38-28(2)48-42(58-38)32-8-4-22-46-26-32/h3-4,7-8,11-22,25-27,35-37H,5-6,9-10,23-24H2,1-2H3,(H,49,53)(H,50,54)/b12-11+/t27?,35-,36-,37?/m0/s1. The number of amides is 4. The van der Waals surface area contributed by atoms with Crippen molar-refractivity contribution in [3.63, 3.8) is 0 Å². The molecular weight excluding hydrogens is 769 g/mol. The molecule has 0 saturated carbocycles. The van der Waals surface area contributed by atoms with Gasteiger partial charge in [-0.15, -0.1) is 11.3 Å². The van der Waals surface area contributed by atoms with E-state index >= 15 is 0 Å². The van der Waals surface area contributed by atoms with Crippen LogP contribution in [0.3, 0.4) is 0 Å². The van der Waals surface area contributed by atoms with E-state index in [2.05, 4.69) is 25.6 Å². The molecule has 4 atom stereocenters. The third kappa shape index (κ3) is 8.48. The second-order valence-corrected chi connectivity index (χ2v) is 16.7. The molecule has 4 amide bonds. The summed E-state index contributed by atoms with van der Waals surface area (Å²) in [4.78, 5) is 75.7. The van der Waals surface area contributed by atoms with Gasteiger partial charge in [0.15, 0.2) is 0 Å². The van der Waals surface area contributed by atoms with E-state index < -0.39 is 12.1 Å². The van der Waals surface area contributed by atoms with Gasteiger partial charge in [-0.25, -0.2) is 4.98 Å². The van der Waals surface area contributed by atoms with E-state index in [-0.39, 0.29) is 34.9 Å². The fourth-order valence-corrected chi connectivity index (χ4v) is 9.71. The largest absolute Gasteiger partial charge is 0.330 e. The van der Waals surface area contributed by atoms with E-state index in [0.29, 0.717) is 47.9 Å². The summed E-state index contributed by atoms with van der Waals surface area (Å²) in [6.07, 6.45) is 13.6. The second-order valence-electron chi connectivity index (χ2n) is 14.5. The first-order chi connectivity index (χ1) is 28.2. The number of aliphatic imine (C=N–C) groups is 1. The van der Waals surface area contributed by atoms with Crippen LogP contribution in [-0.2, 0) is 14.4 Å². The Morgan fingerprint density at radius 2 is 1.29 bits per heavy atom. The molecule has 294 valence electrons. The van der Waals surface area contributed by atoms with E-state index in [0.717, 1.165) is 45.1 Å². The first-order valence-electron chi connectivity index (χ1n) is 19.4. The summed E-state index contributed by atoms with van der Waals surface area (Å²) in [5.41, 5.74) is 5.59. The maximum atomic E-state index is 13.7. The summed E-state index contributed by atoms with van der Waals surface area (Å²) in [7, 11) is 0. The van der Waals surface area contributed by atoms with Gasteiger partial charge in [0, 0.05) is 60.4 Å². The summed E-state index contributed by atoms with van der Waals surface area (Å²) >= 11 is 2.77. The maximum absolute atomic E-state index is 13.7. The zero-order chi connectivity index (χ0) is 40.2. The number of likely N-dealkylation sites (tertiary alicyclic amines) is 2. The molecule has 5 aromatic rings. The van der Waals surface area contributed by atoms with Crippen molar-refractivity contribution in [3.05, 3.63) is 125 Å². The summed E-state index contributed by atoms with van der Waals surface area (Å²) in [6.45, 7) is 4.82. The predicted molar refractivity (Wildman–Crippen MR) is 230 cm³/mol. The molecule has 0 bridgehead atoms. The number of anilines is 2. The molecule has 3 aliphatic heterocycles. The van der Waals surface area contributed by atoms with Crippen LogP contribution in [0.4, 0.5) is 11.4 Å². The lowest BCUT2D eigenvalue weighted by molar-refractivity contribution is -0.136. The molecule has 8 rings (SSSR count). The molecule has 2 fully saturated rings. The highest BCUT2D eigenvalue weighted by Gasteiger charge is 2.42. The summed E-state index contributed by atoms with van der Waals surface area (Å²) < 4.78 is 0. The number of carbonyl (C=O) groups excluding carboxylic acids is 4. The van der Waals surface area contributed by atoms with Crippen LogP contribution in [0.15, 0.2) is 103 Å². The number of rotatable bonds is 10. The minimum atomic E-state index is -0.565. The molecule has 2 aromatic carbocycles. The summed E-state index contributed by atoms with van der Waals surface area (Å²) in [5, 5.41) is 7.17. The monoisotopic (exact) mass is 810 g/mol. The molecule has 2 N–H and O–H groups in total. The molecule has 12 nitrogen and oxygen atoms in total. The van der Waals surface area contributed by atoms with E-state index in [1.54, 1.807) is 34.6 Å². The molecule has 2 saturated heterocycles. The SMILES string of the molecule is Cc1nc(-c2cccnc2)sc1C(=O)N1CCC[C@H]1C(=O)Nc1ccc(/C=C/c2ccc(NC(=O)[C@@H]3CCCN3C(=O)C3SC(c4cccnc4)=NC3C)cc2)cc1. The molecule has 3 aliphatic rings. The van der Waals surface area contributed by atoms with E-state index in [4.69, 9.17) is 4.99 Å². The Bertz CT molecular complexity index is 2370. The van der Waals surface area contributed by atoms with Gasteiger partial charge in [-0.05, 0) is 99.2 Å². The van der Waals surface area contributed by atoms with Crippen LogP contribution >= 0.6 is 23.1 Å². The Morgan fingerprint density at radius 3 is 1.86 bits per heavy atom. The highest BCUT2D eigenvalue weighted by Crippen LogP contribution is 2.34. The average molecular weight is 811 g/mol. The lowest BCUT2D eigenvalue weighted by atomic mass is 10.1. The van der Waals surface area contributed by atoms with Crippen LogP contribution in [0, 0.1) is 6.92 Å². The quantitative estimate of drug-likeness (QED) is 0.141. The number of hydrogen-bond acceptors (Lipinski definition) is 10. The Labute approximate surface area is 344 Å². The second kappa shape index (κ2) is 17.2. The van der Waals surface area contributed by atoms with Gasteiger partial charge >= 0.3 is 0 Å². The van der Waals surface area contributed by atoms with Gasteiger partial charge in [0.2, 0.25) is 17.7 Å². The lowest BCUT2D eigenvalue weighted by Gasteiger charge is -2.27. The van der Waals surface area contributed by atoms with Crippen LogP contribution < -0.4 is 10.6 Å². The highest BCUT2D eigenvalue weighted by molar-refractivity contribution is 8.15. The summed E-state index contributed by atoms with van der Waals surface area (Å²) in [5.74, 6) is -0.634. The van der Waals surface area contributed by atoms with Crippen molar-refractivity contribution < 1.29 is 19.2 Å². The molecule has 14 heteroatoms. The predicted octanol–water partition coefficient (Wildman–Crippen LogP) is 7.20. The smallest absolute Gasteiger partial charge is 0.266 e.